The summed E-state index contributed by atoms with van der Waals surface area (Å²) in [5, 5.41) is 2.17. The molecule has 3 heterocycles. The van der Waals surface area contributed by atoms with Crippen LogP contribution in [0.25, 0.3) is 50.0 Å². The highest BCUT2D eigenvalue weighted by molar-refractivity contribution is 6.98. The van der Waals surface area contributed by atoms with Crippen LogP contribution in [0, 0.1) is 6.92 Å². The molecule has 1 aromatic heterocycles. The van der Waals surface area contributed by atoms with E-state index in [1.165, 1.54) is 72.4 Å². The molecule has 0 atom stereocenters. The van der Waals surface area contributed by atoms with Crippen LogP contribution in [-0.4, -0.2) is 11.3 Å². The number of fused-ring (bicyclic) bond motifs is 7. The average molecular weight is 814 g/mol. The van der Waals surface area contributed by atoms with Crippen molar-refractivity contribution in [1.29, 1.82) is 0 Å². The topological polar surface area (TPSA) is 27.3 Å². The summed E-state index contributed by atoms with van der Waals surface area (Å²) in [6.45, 7) is 25.2. The third kappa shape index (κ3) is 6.22. The number of para-hydroxylation sites is 2. The van der Waals surface area contributed by atoms with Crippen LogP contribution in [-0.2, 0) is 17.9 Å². The van der Waals surface area contributed by atoms with Gasteiger partial charge in [-0.2, -0.15) is 4.57 Å². The zero-order valence-electron chi connectivity index (χ0n) is 38.5. The fourth-order valence-corrected chi connectivity index (χ4v) is 10.1. The smallest absolute Gasteiger partial charge is 0.295 e. The van der Waals surface area contributed by atoms with Crippen molar-refractivity contribution in [2.24, 2.45) is 7.05 Å². The number of benzene rings is 7. The molecule has 0 fully saturated rings. The van der Waals surface area contributed by atoms with Crippen LogP contribution >= 0.6 is 0 Å². The Morgan fingerprint density at radius 2 is 1.19 bits per heavy atom. The molecule has 62 heavy (non-hydrogen) atoms. The number of nitrogens with zero attached hydrogens (tertiary/aromatic N) is 2. The molecule has 0 amide bonds. The monoisotopic (exact) mass is 813 g/mol. The fraction of sp³-hybridized carbons (Fsp3) is 0.281. The van der Waals surface area contributed by atoms with Crippen molar-refractivity contribution in [1.82, 2.24) is 4.57 Å². The molecule has 2 aliphatic heterocycles. The number of imidazole rings is 1. The summed E-state index contributed by atoms with van der Waals surface area (Å²) in [5.41, 5.74) is 17.2. The van der Waals surface area contributed by atoms with Gasteiger partial charge in [-0.15, -0.1) is 0 Å². The first-order valence-electron chi connectivity index (χ1n) is 22.5. The maximum atomic E-state index is 7.07. The van der Waals surface area contributed by atoms with Gasteiger partial charge in [0.15, 0.2) is 11.0 Å². The molecule has 8 aromatic rings. The summed E-state index contributed by atoms with van der Waals surface area (Å²) in [7, 11) is 2.23. The average Bonchev–Trinajstić information content (AvgIpc) is 3.53. The Hall–Kier alpha value is -6.07. The normalized spacial score (nSPS) is 13.4. The van der Waals surface area contributed by atoms with E-state index in [9.17, 15) is 0 Å². The number of aryl methyl sites for hydroxylation is 2. The van der Waals surface area contributed by atoms with Crippen LogP contribution in [0.15, 0.2) is 121 Å². The highest BCUT2D eigenvalue weighted by Gasteiger charge is 2.42. The Balaban J connectivity index is 1.24. The molecular formula is C57H58BN2O2+. The Bertz CT molecular complexity index is 3080. The van der Waals surface area contributed by atoms with Crippen molar-refractivity contribution >= 4 is 44.9 Å². The third-order valence-electron chi connectivity index (χ3n) is 13.6. The number of hydrogen-bond acceptors (Lipinski definition) is 2. The summed E-state index contributed by atoms with van der Waals surface area (Å²) in [6.07, 6.45) is 0. The van der Waals surface area contributed by atoms with E-state index in [-0.39, 0.29) is 17.5 Å². The minimum absolute atomic E-state index is 0.00709. The molecule has 10 rings (SSSR count). The molecule has 7 aromatic carbocycles. The zero-order chi connectivity index (χ0) is 43.6. The van der Waals surface area contributed by atoms with Gasteiger partial charge in [-0.05, 0) is 111 Å². The van der Waals surface area contributed by atoms with E-state index in [4.69, 9.17) is 9.47 Å². The van der Waals surface area contributed by atoms with E-state index in [1.54, 1.807) is 0 Å². The first kappa shape index (κ1) is 40.0. The molecule has 0 N–H and O–H groups in total. The fourth-order valence-electron chi connectivity index (χ4n) is 10.1. The lowest BCUT2D eigenvalue weighted by Crippen LogP contribution is -2.57. The first-order chi connectivity index (χ1) is 29.5. The van der Waals surface area contributed by atoms with Gasteiger partial charge in [0, 0.05) is 27.5 Å². The quantitative estimate of drug-likeness (QED) is 0.128. The Labute approximate surface area is 368 Å². The van der Waals surface area contributed by atoms with E-state index >= 15 is 0 Å². The van der Waals surface area contributed by atoms with Crippen molar-refractivity contribution in [3.8, 4) is 51.2 Å². The van der Waals surface area contributed by atoms with Crippen LogP contribution in [0.4, 0.5) is 0 Å². The maximum absolute atomic E-state index is 7.07. The summed E-state index contributed by atoms with van der Waals surface area (Å²) >= 11 is 0. The van der Waals surface area contributed by atoms with Gasteiger partial charge in [0.25, 0.3) is 12.5 Å². The number of rotatable bonds is 5. The minimum Gasteiger partial charge on any atom is -0.458 e. The van der Waals surface area contributed by atoms with E-state index < -0.39 is 0 Å². The summed E-state index contributed by atoms with van der Waals surface area (Å²) in [4.78, 5) is 0. The SMILES string of the molecule is Cc1ccccc1-c1n(-c2c(C(C)C)cccc2C(C)C)c2c(-c3ccc4c5c6c(cc4c3)Oc3ccc(C(C)(C)C)cc3B6c3cc(C(C)(C)C)ccc3O5)cccc2[n+]1C. The van der Waals surface area contributed by atoms with E-state index in [2.05, 4.69) is 214 Å². The molecule has 0 spiro atoms. The van der Waals surface area contributed by atoms with E-state index in [0.29, 0.717) is 11.8 Å². The Morgan fingerprint density at radius 1 is 0.597 bits per heavy atom. The third-order valence-corrected chi connectivity index (χ3v) is 13.6. The van der Waals surface area contributed by atoms with Gasteiger partial charge in [-0.25, -0.2) is 4.57 Å². The van der Waals surface area contributed by atoms with Crippen molar-refractivity contribution in [2.75, 3.05) is 0 Å². The first-order valence-corrected chi connectivity index (χ1v) is 22.5. The predicted octanol–water partition coefficient (Wildman–Crippen LogP) is 12.8. The molecule has 0 unspecified atom stereocenters. The summed E-state index contributed by atoms with van der Waals surface area (Å²) in [5.74, 6) is 5.40. The van der Waals surface area contributed by atoms with Crippen molar-refractivity contribution < 1.29 is 14.0 Å². The van der Waals surface area contributed by atoms with Gasteiger partial charge in [0.05, 0.1) is 12.6 Å². The molecule has 5 heteroatoms. The van der Waals surface area contributed by atoms with E-state index in [0.717, 1.165) is 44.8 Å². The van der Waals surface area contributed by atoms with Crippen LogP contribution in [0.2, 0.25) is 0 Å². The van der Waals surface area contributed by atoms with Gasteiger partial charge in [0.2, 0.25) is 0 Å². The second kappa shape index (κ2) is 14.2. The molecular weight excluding hydrogens is 755 g/mol. The summed E-state index contributed by atoms with van der Waals surface area (Å²) < 4.78 is 19.0. The summed E-state index contributed by atoms with van der Waals surface area (Å²) in [6, 6.07) is 45.3. The molecule has 0 saturated carbocycles. The highest BCUT2D eigenvalue weighted by Crippen LogP contribution is 2.44. The van der Waals surface area contributed by atoms with Gasteiger partial charge in [-0.3, -0.25) is 0 Å². The lowest BCUT2D eigenvalue weighted by Gasteiger charge is -2.35. The van der Waals surface area contributed by atoms with Gasteiger partial charge in [-0.1, -0.05) is 148 Å². The lowest BCUT2D eigenvalue weighted by molar-refractivity contribution is -0.633. The molecule has 0 aliphatic carbocycles. The van der Waals surface area contributed by atoms with E-state index in [1.807, 2.05) is 0 Å². The van der Waals surface area contributed by atoms with Crippen LogP contribution in [0.3, 0.4) is 0 Å². The number of aromatic nitrogens is 2. The van der Waals surface area contributed by atoms with Crippen molar-refractivity contribution in [2.45, 2.75) is 98.8 Å². The second-order valence-corrected chi connectivity index (χ2v) is 20.5. The van der Waals surface area contributed by atoms with Crippen LogP contribution < -0.4 is 30.4 Å². The molecule has 4 nitrogen and oxygen atoms in total. The van der Waals surface area contributed by atoms with Gasteiger partial charge in [0.1, 0.15) is 28.7 Å². The molecule has 2 aliphatic rings. The molecule has 310 valence electrons. The van der Waals surface area contributed by atoms with Crippen molar-refractivity contribution in [3.63, 3.8) is 0 Å². The standard InChI is InChI=1S/C57H58BN2O2/c1-33(2)40-19-15-20-41(34(3)4)52(40)60-53-43(21-16-22-47(53)59(12)55(60)42-18-14-13-17-35(42)5)36-23-26-44-37(29-36)30-50-51-54(44)62-49-28-25-39(57(9,10)11)32-46(49)58(51)45-31-38(56(6,7)8)24-27-48(45)61-50/h13-34H,1-12H3/q+1. The largest absolute Gasteiger partial charge is 0.458 e. The highest BCUT2D eigenvalue weighted by atomic mass is 16.5. The predicted molar refractivity (Wildman–Crippen MR) is 261 cm³/mol. The second-order valence-electron chi connectivity index (χ2n) is 20.5. The molecule has 0 bridgehead atoms. The Kier molecular flexibility index (Phi) is 9.19. The van der Waals surface area contributed by atoms with Crippen LogP contribution in [0.1, 0.15) is 109 Å². The molecule has 0 radical (unpaired) electrons. The zero-order valence-corrected chi connectivity index (χ0v) is 38.5. The van der Waals surface area contributed by atoms with Crippen LogP contribution in [0.5, 0.6) is 23.0 Å². The Morgan fingerprint density at radius 3 is 1.81 bits per heavy atom. The lowest BCUT2D eigenvalue weighted by atomic mass is 9.34. The molecule has 0 saturated heterocycles. The number of ether oxygens (including phenoxy) is 2. The maximum Gasteiger partial charge on any atom is 0.295 e. The van der Waals surface area contributed by atoms with Gasteiger partial charge >= 0.3 is 0 Å². The number of hydrogen-bond donors (Lipinski definition) is 0. The van der Waals surface area contributed by atoms with Gasteiger partial charge < -0.3 is 9.47 Å². The minimum atomic E-state index is -0.0192. The van der Waals surface area contributed by atoms with Crippen molar-refractivity contribution in [3.05, 3.63) is 149 Å².